The summed E-state index contributed by atoms with van der Waals surface area (Å²) in [6.45, 7) is 4.17. The first kappa shape index (κ1) is 18.5. The fourth-order valence-corrected chi connectivity index (χ4v) is 3.39. The van der Waals surface area contributed by atoms with Crippen molar-refractivity contribution in [1.29, 1.82) is 0 Å². The van der Waals surface area contributed by atoms with Gasteiger partial charge in [0, 0.05) is 38.1 Å². The van der Waals surface area contributed by atoms with Gasteiger partial charge in [-0.05, 0) is 43.0 Å². The Hall–Kier alpha value is -2.28. The Labute approximate surface area is 152 Å². The Morgan fingerprint density at radius 1 is 1.31 bits per heavy atom. The summed E-state index contributed by atoms with van der Waals surface area (Å²) >= 11 is 0. The predicted octanol–water partition coefficient (Wildman–Crippen LogP) is 2.89. The zero-order chi connectivity index (χ0) is 18.5. The minimum absolute atomic E-state index is 0.00439. The standard InChI is InChI=1S/C19H24F2N4O/c1-2-18(25-9-3-8-22-25)19(26)23-15-6-10-24(11-7-15)13-14-4-5-16(20)17(21)12-14/h3-5,8-9,12,15,18H,2,6-7,10-11,13H2,1H3,(H,23,26). The van der Waals surface area contributed by atoms with E-state index >= 15 is 0 Å². The van der Waals surface area contributed by atoms with Gasteiger partial charge in [-0.15, -0.1) is 0 Å². The van der Waals surface area contributed by atoms with Crippen LogP contribution in [-0.2, 0) is 11.3 Å². The molecule has 0 saturated carbocycles. The second kappa shape index (κ2) is 8.40. The lowest BCUT2D eigenvalue weighted by Crippen LogP contribution is -2.46. The van der Waals surface area contributed by atoms with Gasteiger partial charge in [0.1, 0.15) is 6.04 Å². The van der Waals surface area contributed by atoms with Gasteiger partial charge in [0.25, 0.3) is 0 Å². The SMILES string of the molecule is CCC(C(=O)NC1CCN(Cc2ccc(F)c(F)c2)CC1)n1cccn1. The number of carbonyl (C=O) groups is 1. The molecule has 140 valence electrons. The summed E-state index contributed by atoms with van der Waals surface area (Å²) in [6.07, 6.45) is 5.84. The maximum atomic E-state index is 13.3. The molecule has 0 aliphatic carbocycles. The molecule has 1 N–H and O–H groups in total. The number of likely N-dealkylation sites (tertiary alicyclic amines) is 1. The third-order valence-electron chi connectivity index (χ3n) is 4.86. The van der Waals surface area contributed by atoms with Crippen LogP contribution in [0.2, 0.25) is 0 Å². The summed E-state index contributed by atoms with van der Waals surface area (Å²) in [5.41, 5.74) is 0.760. The van der Waals surface area contributed by atoms with E-state index in [0.29, 0.717) is 13.0 Å². The van der Waals surface area contributed by atoms with E-state index in [4.69, 9.17) is 0 Å². The van der Waals surface area contributed by atoms with Gasteiger partial charge < -0.3 is 5.32 Å². The van der Waals surface area contributed by atoms with E-state index in [1.807, 2.05) is 13.0 Å². The predicted molar refractivity (Wildman–Crippen MR) is 94.4 cm³/mol. The van der Waals surface area contributed by atoms with Crippen molar-refractivity contribution in [2.45, 2.75) is 44.8 Å². The minimum atomic E-state index is -0.821. The van der Waals surface area contributed by atoms with Gasteiger partial charge in [0.2, 0.25) is 5.91 Å². The number of nitrogens with zero attached hydrogens (tertiary/aromatic N) is 3. The summed E-state index contributed by atoms with van der Waals surface area (Å²) in [7, 11) is 0. The van der Waals surface area contributed by atoms with E-state index in [1.54, 1.807) is 23.1 Å². The quantitative estimate of drug-likeness (QED) is 0.860. The van der Waals surface area contributed by atoms with Crippen molar-refractivity contribution < 1.29 is 13.6 Å². The molecule has 2 aromatic rings. The maximum absolute atomic E-state index is 13.3. The van der Waals surface area contributed by atoms with E-state index in [-0.39, 0.29) is 18.0 Å². The lowest BCUT2D eigenvalue weighted by atomic mass is 10.0. The van der Waals surface area contributed by atoms with Gasteiger partial charge in [-0.3, -0.25) is 14.4 Å². The Morgan fingerprint density at radius 3 is 2.69 bits per heavy atom. The molecule has 1 aromatic carbocycles. The number of carbonyl (C=O) groups excluding carboxylic acids is 1. The molecule has 1 unspecified atom stereocenters. The van der Waals surface area contributed by atoms with Crippen LogP contribution >= 0.6 is 0 Å². The van der Waals surface area contributed by atoms with Crippen LogP contribution < -0.4 is 5.32 Å². The summed E-state index contributed by atoms with van der Waals surface area (Å²) < 4.78 is 28.0. The molecule has 7 heteroatoms. The molecular formula is C19H24F2N4O. The number of halogens is 2. The van der Waals surface area contributed by atoms with Crippen LogP contribution in [0.5, 0.6) is 0 Å². The Balaban J connectivity index is 1.49. The van der Waals surface area contributed by atoms with Crippen LogP contribution in [0.4, 0.5) is 8.78 Å². The fraction of sp³-hybridized carbons (Fsp3) is 0.474. The minimum Gasteiger partial charge on any atom is -0.351 e. The number of rotatable bonds is 6. The van der Waals surface area contributed by atoms with E-state index in [1.165, 1.54) is 6.07 Å². The van der Waals surface area contributed by atoms with Gasteiger partial charge in [-0.25, -0.2) is 8.78 Å². The molecule has 1 atom stereocenters. The topological polar surface area (TPSA) is 50.2 Å². The Morgan fingerprint density at radius 2 is 2.08 bits per heavy atom. The van der Waals surface area contributed by atoms with Crippen LogP contribution in [0.1, 0.15) is 37.8 Å². The van der Waals surface area contributed by atoms with Crippen LogP contribution in [0.25, 0.3) is 0 Å². The van der Waals surface area contributed by atoms with Crippen molar-refractivity contribution in [3.05, 3.63) is 53.9 Å². The number of benzene rings is 1. The van der Waals surface area contributed by atoms with Crippen molar-refractivity contribution in [2.75, 3.05) is 13.1 Å². The second-order valence-corrected chi connectivity index (χ2v) is 6.72. The Kier molecular flexibility index (Phi) is 5.98. The fourth-order valence-electron chi connectivity index (χ4n) is 3.39. The van der Waals surface area contributed by atoms with E-state index < -0.39 is 11.6 Å². The molecular weight excluding hydrogens is 338 g/mol. The molecule has 1 fully saturated rings. The van der Waals surface area contributed by atoms with Crippen LogP contribution in [-0.4, -0.2) is 39.7 Å². The first-order chi connectivity index (χ1) is 12.6. The summed E-state index contributed by atoms with van der Waals surface area (Å²) in [5.74, 6) is -1.64. The number of piperidine rings is 1. The Bertz CT molecular complexity index is 727. The van der Waals surface area contributed by atoms with Crippen molar-refractivity contribution in [3.63, 3.8) is 0 Å². The molecule has 1 amide bonds. The molecule has 1 aliphatic heterocycles. The molecule has 5 nitrogen and oxygen atoms in total. The molecule has 1 aliphatic rings. The lowest BCUT2D eigenvalue weighted by Gasteiger charge is -2.33. The highest BCUT2D eigenvalue weighted by molar-refractivity contribution is 5.80. The zero-order valence-electron chi connectivity index (χ0n) is 14.9. The van der Waals surface area contributed by atoms with Crippen LogP contribution in [0.3, 0.4) is 0 Å². The smallest absolute Gasteiger partial charge is 0.245 e. The van der Waals surface area contributed by atoms with Crippen molar-refractivity contribution >= 4 is 5.91 Å². The molecule has 2 heterocycles. The molecule has 0 radical (unpaired) electrons. The number of nitrogens with one attached hydrogen (secondary N) is 1. The zero-order valence-corrected chi connectivity index (χ0v) is 14.9. The molecule has 0 bridgehead atoms. The normalized spacial score (nSPS) is 17.2. The third kappa shape index (κ3) is 4.46. The third-order valence-corrected chi connectivity index (χ3v) is 4.86. The van der Waals surface area contributed by atoms with Crippen molar-refractivity contribution in [2.24, 2.45) is 0 Å². The first-order valence-electron chi connectivity index (χ1n) is 9.02. The van der Waals surface area contributed by atoms with Gasteiger partial charge >= 0.3 is 0 Å². The maximum Gasteiger partial charge on any atom is 0.245 e. The van der Waals surface area contributed by atoms with E-state index in [2.05, 4.69) is 15.3 Å². The number of hydrogen-bond acceptors (Lipinski definition) is 3. The summed E-state index contributed by atoms with van der Waals surface area (Å²) in [6, 6.07) is 5.69. The summed E-state index contributed by atoms with van der Waals surface area (Å²) in [4.78, 5) is 14.7. The van der Waals surface area contributed by atoms with E-state index in [9.17, 15) is 13.6 Å². The molecule has 1 aromatic heterocycles. The molecule has 1 saturated heterocycles. The first-order valence-corrected chi connectivity index (χ1v) is 9.02. The average Bonchev–Trinajstić information content (AvgIpc) is 3.15. The highest BCUT2D eigenvalue weighted by Crippen LogP contribution is 2.17. The number of aromatic nitrogens is 2. The van der Waals surface area contributed by atoms with Gasteiger partial charge in [0.15, 0.2) is 11.6 Å². The van der Waals surface area contributed by atoms with Gasteiger partial charge in [0.05, 0.1) is 0 Å². The monoisotopic (exact) mass is 362 g/mol. The van der Waals surface area contributed by atoms with Crippen molar-refractivity contribution in [1.82, 2.24) is 20.0 Å². The van der Waals surface area contributed by atoms with Crippen LogP contribution in [0.15, 0.2) is 36.7 Å². The molecule has 0 spiro atoms. The average molecular weight is 362 g/mol. The summed E-state index contributed by atoms with van der Waals surface area (Å²) in [5, 5.41) is 7.29. The lowest BCUT2D eigenvalue weighted by molar-refractivity contribution is -0.125. The van der Waals surface area contributed by atoms with Crippen LogP contribution in [0, 0.1) is 11.6 Å². The number of amides is 1. The van der Waals surface area contributed by atoms with Crippen molar-refractivity contribution in [3.8, 4) is 0 Å². The number of hydrogen-bond donors (Lipinski definition) is 1. The van der Waals surface area contributed by atoms with Gasteiger partial charge in [-0.2, -0.15) is 5.10 Å². The molecule has 3 rings (SSSR count). The molecule has 26 heavy (non-hydrogen) atoms. The van der Waals surface area contributed by atoms with E-state index in [0.717, 1.165) is 37.6 Å². The largest absolute Gasteiger partial charge is 0.351 e. The highest BCUT2D eigenvalue weighted by Gasteiger charge is 2.25. The second-order valence-electron chi connectivity index (χ2n) is 6.72. The highest BCUT2D eigenvalue weighted by atomic mass is 19.2. The van der Waals surface area contributed by atoms with Gasteiger partial charge in [-0.1, -0.05) is 13.0 Å².